The van der Waals surface area contributed by atoms with Crippen LogP contribution in [-0.2, 0) is 12.8 Å². The molecule has 0 aliphatic heterocycles. The fourth-order valence-corrected chi connectivity index (χ4v) is 3.80. The Labute approximate surface area is 172 Å². The van der Waals surface area contributed by atoms with E-state index >= 15 is 0 Å². The van der Waals surface area contributed by atoms with Crippen molar-refractivity contribution in [3.63, 3.8) is 0 Å². The molecule has 0 unspecified atom stereocenters. The largest absolute Gasteiger partial charge is 0.338 e. The highest BCUT2D eigenvalue weighted by Crippen LogP contribution is 2.32. The summed E-state index contributed by atoms with van der Waals surface area (Å²) in [6, 6.07) is 25.4. The summed E-state index contributed by atoms with van der Waals surface area (Å²) in [4.78, 5) is 0. The van der Waals surface area contributed by atoms with Crippen LogP contribution in [0.1, 0.15) is 37.8 Å². The molecule has 146 valence electrons. The van der Waals surface area contributed by atoms with Crippen LogP contribution in [0.25, 0.3) is 22.0 Å². The average molecular weight is 382 g/mol. The molecule has 3 nitrogen and oxygen atoms in total. The first-order valence-electron chi connectivity index (χ1n) is 10.5. The maximum absolute atomic E-state index is 4.60. The summed E-state index contributed by atoms with van der Waals surface area (Å²) in [5.41, 5.74) is 5.82. The van der Waals surface area contributed by atoms with Gasteiger partial charge in [-0.1, -0.05) is 93.4 Å². The van der Waals surface area contributed by atoms with Crippen LogP contribution in [0.3, 0.4) is 0 Å². The van der Waals surface area contributed by atoms with Gasteiger partial charge in [-0.3, -0.25) is 0 Å². The van der Waals surface area contributed by atoms with Gasteiger partial charge in [-0.15, -0.1) is 10.2 Å². The van der Waals surface area contributed by atoms with Crippen molar-refractivity contribution in [3.8, 4) is 11.3 Å². The lowest BCUT2D eigenvalue weighted by atomic mass is 10.0. The van der Waals surface area contributed by atoms with Crippen molar-refractivity contribution in [2.75, 3.05) is 5.32 Å². The van der Waals surface area contributed by atoms with Gasteiger partial charge >= 0.3 is 0 Å². The van der Waals surface area contributed by atoms with Crippen LogP contribution in [0, 0.1) is 0 Å². The Hall–Kier alpha value is -3.20. The molecule has 29 heavy (non-hydrogen) atoms. The molecule has 0 atom stereocenters. The summed E-state index contributed by atoms with van der Waals surface area (Å²) in [5.74, 6) is 0.811. The molecule has 0 aliphatic carbocycles. The maximum Gasteiger partial charge on any atom is 0.161 e. The van der Waals surface area contributed by atoms with Crippen LogP contribution in [0.4, 0.5) is 11.5 Å². The van der Waals surface area contributed by atoms with Gasteiger partial charge in [0.05, 0.1) is 0 Å². The van der Waals surface area contributed by atoms with E-state index in [2.05, 4.69) is 84.0 Å². The Balaban J connectivity index is 1.79. The Bertz CT molecular complexity index is 1100. The molecule has 0 radical (unpaired) electrons. The highest BCUT2D eigenvalue weighted by molar-refractivity contribution is 6.00. The number of fused-ring (bicyclic) bond motifs is 1. The van der Waals surface area contributed by atoms with Crippen LogP contribution in [0.15, 0.2) is 72.8 Å². The van der Waals surface area contributed by atoms with E-state index in [1.807, 2.05) is 18.2 Å². The van der Waals surface area contributed by atoms with Gasteiger partial charge in [-0.2, -0.15) is 0 Å². The molecule has 0 fully saturated rings. The molecule has 0 saturated heterocycles. The minimum atomic E-state index is 0.811. The van der Waals surface area contributed by atoms with Crippen LogP contribution < -0.4 is 5.32 Å². The third kappa shape index (κ3) is 4.14. The van der Waals surface area contributed by atoms with Gasteiger partial charge in [0.25, 0.3) is 0 Å². The molecule has 1 aromatic heterocycles. The summed E-state index contributed by atoms with van der Waals surface area (Å²) in [5, 5.41) is 15.0. The molecule has 1 heterocycles. The Kier molecular flexibility index (Phi) is 5.85. The van der Waals surface area contributed by atoms with Crippen molar-refractivity contribution < 1.29 is 0 Å². The first-order chi connectivity index (χ1) is 14.3. The highest BCUT2D eigenvalue weighted by atomic mass is 15.2. The van der Waals surface area contributed by atoms with E-state index in [-0.39, 0.29) is 0 Å². The van der Waals surface area contributed by atoms with Gasteiger partial charge < -0.3 is 5.32 Å². The number of hydrogen-bond donors (Lipinski definition) is 1. The molecule has 0 spiro atoms. The summed E-state index contributed by atoms with van der Waals surface area (Å²) < 4.78 is 0. The molecule has 3 aromatic carbocycles. The molecule has 0 bridgehead atoms. The van der Waals surface area contributed by atoms with Crippen molar-refractivity contribution in [2.45, 2.75) is 39.5 Å². The minimum absolute atomic E-state index is 0.811. The number of benzene rings is 3. The number of nitrogens with one attached hydrogen (secondary N) is 1. The predicted molar refractivity (Wildman–Crippen MR) is 123 cm³/mol. The second-order valence-electron chi connectivity index (χ2n) is 7.43. The monoisotopic (exact) mass is 381 g/mol. The summed E-state index contributed by atoms with van der Waals surface area (Å²) in [6.07, 6.45) is 4.38. The second-order valence-corrected chi connectivity index (χ2v) is 7.43. The number of nitrogens with zero attached hydrogens (tertiary/aromatic N) is 2. The molecular weight excluding hydrogens is 354 g/mol. The van der Waals surface area contributed by atoms with Crippen LogP contribution in [0.5, 0.6) is 0 Å². The molecule has 0 saturated carbocycles. The van der Waals surface area contributed by atoms with Crippen LogP contribution >= 0.6 is 0 Å². The van der Waals surface area contributed by atoms with E-state index < -0.39 is 0 Å². The normalized spacial score (nSPS) is 11.0. The lowest BCUT2D eigenvalue weighted by Gasteiger charge is -2.15. The highest BCUT2D eigenvalue weighted by Gasteiger charge is 2.12. The fraction of sp³-hybridized carbons (Fsp3) is 0.231. The summed E-state index contributed by atoms with van der Waals surface area (Å²) >= 11 is 0. The number of anilines is 2. The maximum atomic E-state index is 4.60. The fourth-order valence-electron chi connectivity index (χ4n) is 3.80. The van der Waals surface area contributed by atoms with Gasteiger partial charge in [0, 0.05) is 22.0 Å². The molecule has 4 rings (SSSR count). The summed E-state index contributed by atoms with van der Waals surface area (Å²) in [6.45, 7) is 4.43. The predicted octanol–water partition coefficient (Wildman–Crippen LogP) is 6.95. The zero-order valence-corrected chi connectivity index (χ0v) is 17.2. The van der Waals surface area contributed by atoms with Crippen LogP contribution in [0.2, 0.25) is 0 Å². The molecule has 0 amide bonds. The van der Waals surface area contributed by atoms with Crippen molar-refractivity contribution >= 4 is 22.3 Å². The van der Waals surface area contributed by atoms with E-state index in [9.17, 15) is 0 Å². The van der Waals surface area contributed by atoms with E-state index in [0.717, 1.165) is 59.2 Å². The first kappa shape index (κ1) is 19.1. The smallest absolute Gasteiger partial charge is 0.161 e. The quantitative estimate of drug-likeness (QED) is 0.376. The molecular formula is C26H27N3. The van der Waals surface area contributed by atoms with Gasteiger partial charge in [-0.25, -0.2) is 0 Å². The number of aromatic nitrogens is 2. The van der Waals surface area contributed by atoms with E-state index in [0.29, 0.717) is 0 Å². The lowest BCUT2D eigenvalue weighted by Crippen LogP contribution is -2.02. The number of rotatable bonds is 7. The third-order valence-electron chi connectivity index (χ3n) is 5.22. The third-order valence-corrected chi connectivity index (χ3v) is 5.22. The minimum Gasteiger partial charge on any atom is -0.338 e. The standard InChI is InChI=1S/C26H27N3/c1-3-10-19-16-17-20(11-4-2)24(18-19)27-26-23-15-9-8-14-22(23)25(28-29-26)21-12-6-5-7-13-21/h5-9,12-18H,3-4,10-11H2,1-2H3,(H,27,29). The molecule has 0 aliphatic rings. The van der Waals surface area contributed by atoms with Gasteiger partial charge in [-0.05, 0) is 30.0 Å². The topological polar surface area (TPSA) is 37.8 Å². The zero-order chi connectivity index (χ0) is 20.1. The number of hydrogen-bond acceptors (Lipinski definition) is 3. The second kappa shape index (κ2) is 8.87. The Morgan fingerprint density at radius 3 is 2.21 bits per heavy atom. The summed E-state index contributed by atoms with van der Waals surface area (Å²) in [7, 11) is 0. The zero-order valence-electron chi connectivity index (χ0n) is 17.2. The van der Waals surface area contributed by atoms with Crippen molar-refractivity contribution in [1.29, 1.82) is 0 Å². The average Bonchev–Trinajstić information content (AvgIpc) is 2.77. The number of aryl methyl sites for hydroxylation is 2. The Morgan fingerprint density at radius 1 is 0.724 bits per heavy atom. The van der Waals surface area contributed by atoms with Gasteiger partial charge in [0.2, 0.25) is 0 Å². The first-order valence-corrected chi connectivity index (χ1v) is 10.5. The van der Waals surface area contributed by atoms with E-state index in [4.69, 9.17) is 0 Å². The molecule has 4 aromatic rings. The van der Waals surface area contributed by atoms with Gasteiger partial charge in [0.15, 0.2) is 5.82 Å². The molecule has 1 N–H and O–H groups in total. The van der Waals surface area contributed by atoms with Crippen molar-refractivity contribution in [2.24, 2.45) is 0 Å². The van der Waals surface area contributed by atoms with Crippen molar-refractivity contribution in [3.05, 3.63) is 83.9 Å². The Morgan fingerprint density at radius 2 is 1.45 bits per heavy atom. The van der Waals surface area contributed by atoms with Crippen molar-refractivity contribution in [1.82, 2.24) is 10.2 Å². The molecule has 3 heteroatoms. The lowest BCUT2D eigenvalue weighted by molar-refractivity contribution is 0.905. The SMILES string of the molecule is CCCc1ccc(CCC)c(Nc2nnc(-c3ccccc3)c3ccccc23)c1. The van der Waals surface area contributed by atoms with Gasteiger partial charge in [0.1, 0.15) is 5.69 Å². The van der Waals surface area contributed by atoms with Crippen LogP contribution in [-0.4, -0.2) is 10.2 Å². The van der Waals surface area contributed by atoms with E-state index in [1.54, 1.807) is 0 Å². The van der Waals surface area contributed by atoms with E-state index in [1.165, 1.54) is 11.1 Å².